The maximum Gasteiger partial charge on any atom is 0.471 e. The zero-order chi connectivity index (χ0) is 26.7. The number of amides is 2. The Hall–Kier alpha value is -3.99. The molecule has 0 aliphatic carbocycles. The Labute approximate surface area is 213 Å². The van der Waals surface area contributed by atoms with E-state index in [0.29, 0.717) is 32.8 Å². The van der Waals surface area contributed by atoms with Crippen LogP contribution < -0.4 is 10.2 Å². The van der Waals surface area contributed by atoms with E-state index in [-0.39, 0.29) is 35.1 Å². The molecule has 12 heteroatoms. The van der Waals surface area contributed by atoms with Crippen molar-refractivity contribution in [1.29, 1.82) is 0 Å². The Bertz CT molecular complexity index is 1450. The van der Waals surface area contributed by atoms with Gasteiger partial charge in [0.25, 0.3) is 0 Å². The van der Waals surface area contributed by atoms with Crippen molar-refractivity contribution < 1.29 is 27.2 Å². The van der Waals surface area contributed by atoms with Crippen molar-refractivity contribution in [2.75, 3.05) is 4.90 Å². The fourth-order valence-corrected chi connectivity index (χ4v) is 3.91. The van der Waals surface area contributed by atoms with Crippen LogP contribution in [0.1, 0.15) is 29.4 Å². The summed E-state index contributed by atoms with van der Waals surface area (Å²) in [5, 5.41) is 3.32. The van der Waals surface area contributed by atoms with Gasteiger partial charge in [0.05, 0.1) is 23.8 Å². The second-order valence-electron chi connectivity index (χ2n) is 8.26. The number of alkyl halides is 3. The van der Waals surface area contributed by atoms with E-state index < -0.39 is 24.4 Å². The molecule has 3 aromatic heterocycles. The lowest BCUT2D eigenvalue weighted by molar-refractivity contribution is -0.170. The third-order valence-corrected chi connectivity index (χ3v) is 5.83. The number of nitrogens with one attached hydrogen (secondary N) is 2. The van der Waals surface area contributed by atoms with Gasteiger partial charge >= 0.3 is 12.1 Å². The number of hydrogen-bond donors (Lipinski definition) is 2. The minimum absolute atomic E-state index is 0.0952. The van der Waals surface area contributed by atoms with E-state index in [1.165, 1.54) is 37.5 Å². The van der Waals surface area contributed by atoms with Crippen molar-refractivity contribution in [3.05, 3.63) is 88.3 Å². The molecule has 0 spiro atoms. The topological polar surface area (TPSA) is 91.0 Å². The first-order valence-electron chi connectivity index (χ1n) is 11.0. The van der Waals surface area contributed by atoms with Gasteiger partial charge < -0.3 is 10.3 Å². The van der Waals surface area contributed by atoms with Crippen molar-refractivity contribution in [2.24, 2.45) is 0 Å². The number of carbonyl (C=O) groups is 2. The number of fused-ring (bicyclic) bond motifs is 1. The summed E-state index contributed by atoms with van der Waals surface area (Å²) in [4.78, 5) is 35.1. The van der Waals surface area contributed by atoms with E-state index in [1.54, 1.807) is 18.3 Å². The van der Waals surface area contributed by atoms with E-state index in [4.69, 9.17) is 11.6 Å². The quantitative estimate of drug-likeness (QED) is 0.324. The molecular weight excluding hydrogens is 514 g/mol. The first kappa shape index (κ1) is 26.1. The Morgan fingerprint density at radius 2 is 1.89 bits per heavy atom. The van der Waals surface area contributed by atoms with Gasteiger partial charge in [0, 0.05) is 59.8 Å². The van der Waals surface area contributed by atoms with Crippen molar-refractivity contribution in [3.8, 4) is 0 Å². The predicted octanol–water partition coefficient (Wildman–Crippen LogP) is 5.07. The van der Waals surface area contributed by atoms with Crippen LogP contribution in [-0.2, 0) is 29.1 Å². The molecule has 0 saturated carbocycles. The van der Waals surface area contributed by atoms with Crippen LogP contribution >= 0.6 is 11.6 Å². The second-order valence-corrected chi connectivity index (χ2v) is 8.67. The van der Waals surface area contributed by atoms with E-state index in [0.717, 1.165) is 6.07 Å². The number of carbonyl (C=O) groups excluding carboxylic acids is 2. The number of hydrogen-bond acceptors (Lipinski definition) is 4. The minimum atomic E-state index is -5.19. The van der Waals surface area contributed by atoms with E-state index >= 15 is 0 Å². The molecular formula is C25H20ClF4N5O2. The van der Waals surface area contributed by atoms with Crippen LogP contribution in [0.15, 0.2) is 55.0 Å². The Kier molecular flexibility index (Phi) is 7.44. The zero-order valence-corrected chi connectivity index (χ0v) is 20.1. The van der Waals surface area contributed by atoms with Gasteiger partial charge in [-0.1, -0.05) is 17.7 Å². The van der Waals surface area contributed by atoms with Gasteiger partial charge in [-0.05, 0) is 35.9 Å². The molecule has 0 saturated heterocycles. The van der Waals surface area contributed by atoms with E-state index in [2.05, 4.69) is 20.3 Å². The molecule has 3 heterocycles. The molecule has 2 amide bonds. The average Bonchev–Trinajstić information content (AvgIpc) is 3.20. The molecule has 37 heavy (non-hydrogen) atoms. The van der Waals surface area contributed by atoms with Crippen LogP contribution in [0.4, 0.5) is 23.2 Å². The first-order chi connectivity index (χ1) is 17.5. The van der Waals surface area contributed by atoms with E-state index in [9.17, 15) is 27.2 Å². The molecule has 0 unspecified atom stereocenters. The van der Waals surface area contributed by atoms with Crippen LogP contribution in [0.5, 0.6) is 0 Å². The number of anilines is 1. The normalized spacial score (nSPS) is 11.5. The second kappa shape index (κ2) is 10.6. The molecule has 192 valence electrons. The lowest BCUT2D eigenvalue weighted by atomic mass is 10.1. The van der Waals surface area contributed by atoms with Crippen LogP contribution in [0.3, 0.4) is 0 Å². The van der Waals surface area contributed by atoms with Crippen molar-refractivity contribution >= 4 is 40.0 Å². The zero-order valence-electron chi connectivity index (χ0n) is 19.4. The number of aromatic amines is 1. The summed E-state index contributed by atoms with van der Waals surface area (Å²) < 4.78 is 55.2. The third kappa shape index (κ3) is 6.23. The lowest BCUT2D eigenvalue weighted by Crippen LogP contribution is -2.41. The SMILES string of the molecule is CC(=O)NCc1ccc(Cc2cc(N(Cc3cc4c(Cl)c[nH]c4cc3F)C(=O)C(F)(F)F)ccn2)cn1. The lowest BCUT2D eigenvalue weighted by Gasteiger charge is -2.24. The number of rotatable bonds is 7. The number of pyridine rings is 2. The van der Waals surface area contributed by atoms with Crippen LogP contribution in [-0.4, -0.2) is 32.9 Å². The summed E-state index contributed by atoms with van der Waals surface area (Å²) in [7, 11) is 0. The number of nitrogens with zero attached hydrogens (tertiary/aromatic N) is 3. The molecule has 7 nitrogen and oxygen atoms in total. The Balaban J connectivity index is 1.62. The fraction of sp³-hybridized carbons (Fsp3) is 0.200. The maximum atomic E-state index is 14.7. The molecule has 0 aliphatic rings. The molecule has 4 aromatic rings. The summed E-state index contributed by atoms with van der Waals surface area (Å²) in [6.45, 7) is 0.973. The number of benzene rings is 1. The fourth-order valence-electron chi connectivity index (χ4n) is 3.70. The van der Waals surface area contributed by atoms with Crippen molar-refractivity contribution in [2.45, 2.75) is 32.6 Å². The summed E-state index contributed by atoms with van der Waals surface area (Å²) in [6.07, 6.45) is -0.694. The van der Waals surface area contributed by atoms with Gasteiger partial charge in [0.1, 0.15) is 5.82 Å². The smallest absolute Gasteiger partial charge is 0.360 e. The van der Waals surface area contributed by atoms with Crippen LogP contribution in [0.2, 0.25) is 5.02 Å². The molecule has 0 bridgehead atoms. The van der Waals surface area contributed by atoms with Gasteiger partial charge in [-0.15, -0.1) is 0 Å². The highest BCUT2D eigenvalue weighted by molar-refractivity contribution is 6.35. The van der Waals surface area contributed by atoms with Gasteiger partial charge in [-0.25, -0.2) is 4.39 Å². The van der Waals surface area contributed by atoms with Crippen molar-refractivity contribution in [3.63, 3.8) is 0 Å². The maximum absolute atomic E-state index is 14.7. The highest BCUT2D eigenvalue weighted by Crippen LogP contribution is 2.30. The standard InChI is InChI=1S/C25H20ClF4N5O2/c1-14(36)32-11-17-3-2-15(10-33-17)6-18-8-19(4-5-31-18)35(24(37)25(28,29)30)13-16-7-20-21(26)12-34-23(20)9-22(16)27/h2-5,7-10,12,34H,6,11,13H2,1H3,(H,32,36). The van der Waals surface area contributed by atoms with Gasteiger partial charge in [0.2, 0.25) is 5.91 Å². The average molecular weight is 534 g/mol. The molecule has 4 rings (SSSR count). The van der Waals surface area contributed by atoms with Gasteiger partial charge in [-0.2, -0.15) is 13.2 Å². The molecule has 0 fully saturated rings. The summed E-state index contributed by atoms with van der Waals surface area (Å²) in [5.41, 5.74) is 1.86. The van der Waals surface area contributed by atoms with Crippen LogP contribution in [0.25, 0.3) is 10.9 Å². The number of H-pyrrole nitrogens is 1. The highest BCUT2D eigenvalue weighted by atomic mass is 35.5. The Morgan fingerprint density at radius 1 is 1.11 bits per heavy atom. The third-order valence-electron chi connectivity index (χ3n) is 5.52. The first-order valence-corrected chi connectivity index (χ1v) is 11.4. The summed E-state index contributed by atoms with van der Waals surface area (Å²) in [6, 6.07) is 8.49. The monoisotopic (exact) mass is 533 g/mol. The van der Waals surface area contributed by atoms with Crippen molar-refractivity contribution in [1.82, 2.24) is 20.3 Å². The summed E-state index contributed by atoms with van der Waals surface area (Å²) >= 11 is 6.08. The van der Waals surface area contributed by atoms with Gasteiger partial charge in [0.15, 0.2) is 0 Å². The number of halogens is 5. The molecule has 1 aromatic carbocycles. The van der Waals surface area contributed by atoms with E-state index in [1.807, 2.05) is 0 Å². The molecule has 0 radical (unpaired) electrons. The molecule has 0 aliphatic heterocycles. The van der Waals surface area contributed by atoms with Crippen LogP contribution in [0, 0.1) is 5.82 Å². The Morgan fingerprint density at radius 3 is 2.57 bits per heavy atom. The largest absolute Gasteiger partial charge is 0.471 e. The van der Waals surface area contributed by atoms with Gasteiger partial charge in [-0.3, -0.25) is 24.5 Å². The summed E-state index contributed by atoms with van der Waals surface area (Å²) in [5.74, 6) is -3.13. The predicted molar refractivity (Wildman–Crippen MR) is 129 cm³/mol. The minimum Gasteiger partial charge on any atom is -0.360 e. The highest BCUT2D eigenvalue weighted by Gasteiger charge is 2.43. The number of aromatic nitrogens is 3. The molecule has 2 N–H and O–H groups in total. The molecule has 0 atom stereocenters.